The zero-order chi connectivity index (χ0) is 9.68. The van der Waals surface area contributed by atoms with E-state index in [0.29, 0.717) is 5.69 Å². The molecular formula is C6H5N3O3S. The quantitative estimate of drug-likeness (QED) is 0.587. The number of hydrogen-bond donors (Lipinski definition) is 1. The van der Waals surface area contributed by atoms with Crippen LogP contribution in [0, 0.1) is 10.1 Å². The Morgan fingerprint density at radius 2 is 2.31 bits per heavy atom. The van der Waals surface area contributed by atoms with E-state index < -0.39 is 4.92 Å². The smallest absolute Gasteiger partial charge is 0.265 e. The van der Waals surface area contributed by atoms with Crippen molar-refractivity contribution in [2.75, 3.05) is 5.43 Å². The Morgan fingerprint density at radius 3 is 2.92 bits per heavy atom. The SMILES string of the molecule is O=S=NNc1cccc([N+](=O)[O-])c1. The van der Waals surface area contributed by atoms with Gasteiger partial charge in [-0.15, -0.1) is 0 Å². The summed E-state index contributed by atoms with van der Waals surface area (Å²) in [6.45, 7) is 0. The number of nitrogens with one attached hydrogen (secondary N) is 1. The molecule has 7 heteroatoms. The largest absolute Gasteiger partial charge is 0.271 e. The fraction of sp³-hybridized carbons (Fsp3) is 0. The molecule has 0 unspecified atom stereocenters. The summed E-state index contributed by atoms with van der Waals surface area (Å²) in [6, 6.07) is 5.73. The molecule has 1 aromatic carbocycles. The molecule has 0 aliphatic heterocycles. The van der Waals surface area contributed by atoms with Gasteiger partial charge in [-0.05, 0) is 6.07 Å². The number of benzene rings is 1. The second-order valence-corrected chi connectivity index (χ2v) is 2.42. The summed E-state index contributed by atoms with van der Waals surface area (Å²) >= 11 is 0.00475. The molecule has 0 saturated carbocycles. The molecule has 68 valence electrons. The molecule has 0 atom stereocenters. The van der Waals surface area contributed by atoms with E-state index in [9.17, 15) is 14.3 Å². The highest BCUT2D eigenvalue weighted by molar-refractivity contribution is 7.54. The minimum absolute atomic E-state index is 0.00475. The Bertz CT molecular complexity index is 375. The molecule has 0 heterocycles. The van der Waals surface area contributed by atoms with Crippen LogP contribution in [-0.2, 0) is 11.5 Å². The van der Waals surface area contributed by atoms with Gasteiger partial charge in [-0.3, -0.25) is 15.5 Å². The first kappa shape index (κ1) is 9.33. The maximum absolute atomic E-state index is 10.3. The predicted octanol–water partition coefficient (Wildman–Crippen LogP) is 1.32. The van der Waals surface area contributed by atoms with Gasteiger partial charge in [0.15, 0.2) is 0 Å². The van der Waals surface area contributed by atoms with E-state index in [4.69, 9.17) is 0 Å². The highest BCUT2D eigenvalue weighted by atomic mass is 32.1. The lowest BCUT2D eigenvalue weighted by atomic mass is 10.3. The fourth-order valence-corrected chi connectivity index (χ4v) is 0.903. The van der Waals surface area contributed by atoms with Gasteiger partial charge in [-0.2, -0.15) is 4.21 Å². The van der Waals surface area contributed by atoms with Gasteiger partial charge in [0.05, 0.1) is 10.6 Å². The van der Waals surface area contributed by atoms with Crippen molar-refractivity contribution in [1.82, 2.24) is 0 Å². The zero-order valence-corrected chi connectivity index (χ0v) is 7.15. The lowest BCUT2D eigenvalue weighted by Crippen LogP contribution is -1.90. The molecule has 1 rings (SSSR count). The first-order valence-electron chi connectivity index (χ1n) is 3.23. The average Bonchev–Trinajstić information content (AvgIpc) is 2.15. The lowest BCUT2D eigenvalue weighted by molar-refractivity contribution is -0.384. The monoisotopic (exact) mass is 199 g/mol. The van der Waals surface area contributed by atoms with Gasteiger partial charge in [0.2, 0.25) is 11.5 Å². The molecule has 0 fully saturated rings. The second kappa shape index (κ2) is 4.31. The minimum Gasteiger partial charge on any atom is -0.265 e. The number of nitro groups is 1. The van der Waals surface area contributed by atoms with E-state index in [1.54, 1.807) is 6.07 Å². The van der Waals surface area contributed by atoms with Crippen LogP contribution in [0.15, 0.2) is 28.7 Å². The van der Waals surface area contributed by atoms with Gasteiger partial charge >= 0.3 is 0 Å². The van der Waals surface area contributed by atoms with Gasteiger partial charge in [0.1, 0.15) is 0 Å². The molecule has 0 aliphatic rings. The van der Waals surface area contributed by atoms with Crippen molar-refractivity contribution in [3.05, 3.63) is 34.4 Å². The normalized spacial score (nSPS) is 8.92. The summed E-state index contributed by atoms with van der Waals surface area (Å²) < 4.78 is 13.1. The van der Waals surface area contributed by atoms with Crippen molar-refractivity contribution in [1.29, 1.82) is 0 Å². The summed E-state index contributed by atoms with van der Waals surface area (Å²) in [4.78, 5) is 9.79. The first-order chi connectivity index (χ1) is 6.24. The van der Waals surface area contributed by atoms with Crippen LogP contribution in [0.4, 0.5) is 11.4 Å². The van der Waals surface area contributed by atoms with E-state index in [2.05, 4.69) is 9.90 Å². The van der Waals surface area contributed by atoms with Crippen LogP contribution in [0.2, 0.25) is 0 Å². The third-order valence-electron chi connectivity index (χ3n) is 1.27. The minimum atomic E-state index is -0.518. The molecule has 6 nitrogen and oxygen atoms in total. The topological polar surface area (TPSA) is 84.6 Å². The van der Waals surface area contributed by atoms with Gasteiger partial charge in [0, 0.05) is 12.1 Å². The molecule has 0 bridgehead atoms. The molecule has 1 N–H and O–H groups in total. The maximum atomic E-state index is 10.3. The highest BCUT2D eigenvalue weighted by Gasteiger charge is 2.04. The van der Waals surface area contributed by atoms with Crippen LogP contribution >= 0.6 is 0 Å². The van der Waals surface area contributed by atoms with Crippen molar-refractivity contribution in [2.45, 2.75) is 0 Å². The van der Waals surface area contributed by atoms with Gasteiger partial charge in [0.25, 0.3) is 5.69 Å². The van der Waals surface area contributed by atoms with Gasteiger partial charge in [-0.25, -0.2) is 0 Å². The number of rotatable bonds is 3. The Kier molecular flexibility index (Phi) is 3.09. The highest BCUT2D eigenvalue weighted by Crippen LogP contribution is 2.16. The molecule has 0 saturated heterocycles. The number of non-ortho nitro benzene ring substituents is 1. The molecule has 13 heavy (non-hydrogen) atoms. The molecule has 0 spiro atoms. The number of anilines is 1. The van der Waals surface area contributed by atoms with E-state index in [1.807, 2.05) is 0 Å². The van der Waals surface area contributed by atoms with Crippen molar-refractivity contribution in [3.63, 3.8) is 0 Å². The Balaban J connectivity index is 2.91. The molecule has 0 aliphatic carbocycles. The fourth-order valence-electron chi connectivity index (χ4n) is 0.760. The second-order valence-electron chi connectivity index (χ2n) is 2.09. The molecule has 0 amide bonds. The van der Waals surface area contributed by atoms with Crippen molar-refractivity contribution < 1.29 is 9.13 Å². The first-order valence-corrected chi connectivity index (χ1v) is 3.93. The lowest BCUT2D eigenvalue weighted by Gasteiger charge is -1.96. The predicted molar refractivity (Wildman–Crippen MR) is 47.3 cm³/mol. The van der Waals surface area contributed by atoms with E-state index >= 15 is 0 Å². The Labute approximate surface area is 76.9 Å². The van der Waals surface area contributed by atoms with Crippen molar-refractivity contribution >= 4 is 22.8 Å². The van der Waals surface area contributed by atoms with Crippen LogP contribution in [-0.4, -0.2) is 9.13 Å². The standard InChI is InChI=1S/C6H5N3O3S/c10-9(11)6-3-1-2-5(4-6)7-8-13-12/h1-4,7H. The van der Waals surface area contributed by atoms with Crippen LogP contribution in [0.3, 0.4) is 0 Å². The summed E-state index contributed by atoms with van der Waals surface area (Å²) in [5.74, 6) is 0. The van der Waals surface area contributed by atoms with Crippen LogP contribution in [0.5, 0.6) is 0 Å². The maximum Gasteiger partial charge on any atom is 0.271 e. The third kappa shape index (κ3) is 2.64. The van der Waals surface area contributed by atoms with Crippen LogP contribution in [0.25, 0.3) is 0 Å². The van der Waals surface area contributed by atoms with Crippen LogP contribution < -0.4 is 5.43 Å². The number of nitrogens with zero attached hydrogens (tertiary/aromatic N) is 2. The third-order valence-corrected chi connectivity index (χ3v) is 1.43. The van der Waals surface area contributed by atoms with Crippen LogP contribution in [0.1, 0.15) is 0 Å². The zero-order valence-electron chi connectivity index (χ0n) is 6.34. The van der Waals surface area contributed by atoms with Crippen molar-refractivity contribution in [3.8, 4) is 0 Å². The summed E-state index contributed by atoms with van der Waals surface area (Å²) in [7, 11) is 0. The average molecular weight is 199 g/mol. The summed E-state index contributed by atoms with van der Waals surface area (Å²) in [5.41, 5.74) is 2.73. The molecule has 1 aromatic rings. The van der Waals surface area contributed by atoms with E-state index in [0.717, 1.165) is 0 Å². The Morgan fingerprint density at radius 1 is 1.54 bits per heavy atom. The Hall–Kier alpha value is -1.76. The van der Waals surface area contributed by atoms with E-state index in [-0.39, 0.29) is 17.2 Å². The summed E-state index contributed by atoms with van der Waals surface area (Å²) in [5, 5.41) is 10.3. The molecular weight excluding hydrogens is 194 g/mol. The number of hydrogen-bond acceptors (Lipinski definition) is 4. The van der Waals surface area contributed by atoms with E-state index in [1.165, 1.54) is 18.2 Å². The van der Waals surface area contributed by atoms with Gasteiger partial charge < -0.3 is 0 Å². The molecule has 0 radical (unpaired) electrons. The van der Waals surface area contributed by atoms with Gasteiger partial charge in [-0.1, -0.05) is 10.5 Å². The summed E-state index contributed by atoms with van der Waals surface area (Å²) in [6.07, 6.45) is 0. The van der Waals surface area contributed by atoms with Crippen molar-refractivity contribution in [2.24, 2.45) is 4.47 Å². The number of nitro benzene ring substituents is 1. The molecule has 0 aromatic heterocycles.